The molecular weight excluding hydrogens is 458 g/mol. The van der Waals surface area contributed by atoms with Crippen molar-refractivity contribution in [2.75, 3.05) is 6.61 Å². The number of aliphatic imine (C=N–C) groups is 2. The summed E-state index contributed by atoms with van der Waals surface area (Å²) in [5.41, 5.74) is 6.86. The maximum atomic E-state index is 12.8. The molecule has 1 N–H and O–H groups in total. The van der Waals surface area contributed by atoms with Gasteiger partial charge in [0.15, 0.2) is 0 Å². The molecule has 3 aliphatic rings. The Labute approximate surface area is 208 Å². The van der Waals surface area contributed by atoms with Crippen LogP contribution in [0.1, 0.15) is 48.5 Å². The van der Waals surface area contributed by atoms with E-state index in [9.17, 15) is 14.9 Å². The van der Waals surface area contributed by atoms with Crippen molar-refractivity contribution in [2.24, 2.45) is 21.8 Å². The summed E-state index contributed by atoms with van der Waals surface area (Å²) in [6, 6.07) is 8.02. The van der Waals surface area contributed by atoms with Crippen LogP contribution >= 0.6 is 0 Å². The molecule has 2 aromatic rings. The molecule has 2 aliphatic heterocycles. The number of aryl methyl sites for hydroxylation is 1. The third-order valence-electron chi connectivity index (χ3n) is 6.77. The van der Waals surface area contributed by atoms with Gasteiger partial charge in [-0.15, -0.1) is 0 Å². The van der Waals surface area contributed by atoms with Crippen molar-refractivity contribution < 1.29 is 14.3 Å². The van der Waals surface area contributed by atoms with Crippen LogP contribution in [-0.4, -0.2) is 51.4 Å². The van der Waals surface area contributed by atoms with Crippen LogP contribution in [0.15, 0.2) is 52.4 Å². The lowest BCUT2D eigenvalue weighted by Gasteiger charge is -2.36. The van der Waals surface area contributed by atoms with Gasteiger partial charge in [-0.2, -0.15) is 10.4 Å². The fourth-order valence-electron chi connectivity index (χ4n) is 5.03. The Morgan fingerprint density at radius 2 is 2.17 bits per heavy atom. The van der Waals surface area contributed by atoms with Gasteiger partial charge in [0.05, 0.1) is 53.5 Å². The zero-order chi connectivity index (χ0) is 25.2. The van der Waals surface area contributed by atoms with Gasteiger partial charge in [-0.1, -0.05) is 12.8 Å². The number of benzene rings is 1. The van der Waals surface area contributed by atoms with E-state index >= 15 is 0 Å². The monoisotopic (exact) mass is 485 g/mol. The smallest absolute Gasteiger partial charge is 0.341 e. The lowest BCUT2D eigenvalue weighted by atomic mass is 9.84. The molecule has 3 heterocycles. The summed E-state index contributed by atoms with van der Waals surface area (Å²) in [4.78, 5) is 33.5. The first-order chi connectivity index (χ1) is 17.5. The van der Waals surface area contributed by atoms with Crippen LogP contribution in [0.5, 0.6) is 0 Å². The first kappa shape index (κ1) is 23.5. The number of aromatic nitrogens is 2. The SMILES string of the molecule is CCOC(=O)c1cnn(-c2ccc(N=C3NN([C@H]4CCCC[C@@H]4C#N)C4=CC=NC(=O)C43)cc2C)c1. The summed E-state index contributed by atoms with van der Waals surface area (Å²) in [6.45, 7) is 3.99. The third-order valence-corrected chi connectivity index (χ3v) is 6.77. The second-order valence-corrected chi connectivity index (χ2v) is 9.07. The molecule has 1 saturated heterocycles. The number of hydrogen-bond donors (Lipinski definition) is 1. The molecule has 1 aromatic heterocycles. The van der Waals surface area contributed by atoms with Gasteiger partial charge in [0, 0.05) is 12.4 Å². The number of allylic oxidation sites excluding steroid dienone is 1. The quantitative estimate of drug-likeness (QED) is 0.644. The van der Waals surface area contributed by atoms with Crippen LogP contribution < -0.4 is 5.43 Å². The maximum Gasteiger partial charge on any atom is 0.341 e. The van der Waals surface area contributed by atoms with Gasteiger partial charge in [-0.05, 0) is 56.5 Å². The largest absolute Gasteiger partial charge is 0.462 e. The number of hydrogen-bond acceptors (Lipinski definition) is 7. The molecule has 0 bridgehead atoms. The number of amidine groups is 1. The van der Waals surface area contributed by atoms with Crippen molar-refractivity contribution in [1.82, 2.24) is 20.2 Å². The first-order valence-corrected chi connectivity index (χ1v) is 12.1. The van der Waals surface area contributed by atoms with Crippen molar-refractivity contribution in [1.29, 1.82) is 5.26 Å². The number of rotatable bonds is 5. The molecule has 2 fully saturated rings. The number of nitriles is 1. The molecule has 1 unspecified atom stereocenters. The minimum Gasteiger partial charge on any atom is -0.462 e. The normalized spacial score (nSPS) is 24.2. The van der Waals surface area contributed by atoms with Crippen LogP contribution in [0.4, 0.5) is 5.69 Å². The number of fused-ring (bicyclic) bond motifs is 1. The van der Waals surface area contributed by atoms with Gasteiger partial charge < -0.3 is 4.74 Å². The highest BCUT2D eigenvalue weighted by atomic mass is 16.5. The molecule has 1 aliphatic carbocycles. The number of carbonyl (C=O) groups is 2. The molecule has 1 amide bonds. The predicted molar refractivity (Wildman–Crippen MR) is 133 cm³/mol. The maximum absolute atomic E-state index is 12.8. The predicted octanol–water partition coefficient (Wildman–Crippen LogP) is 3.40. The summed E-state index contributed by atoms with van der Waals surface area (Å²) < 4.78 is 6.66. The number of nitrogens with zero attached hydrogens (tertiary/aromatic N) is 6. The Morgan fingerprint density at radius 3 is 2.94 bits per heavy atom. The van der Waals surface area contributed by atoms with Crippen LogP contribution in [-0.2, 0) is 9.53 Å². The molecule has 5 rings (SSSR count). The summed E-state index contributed by atoms with van der Waals surface area (Å²) in [5, 5.41) is 16.0. The van der Waals surface area contributed by atoms with E-state index in [1.165, 1.54) is 12.4 Å². The highest BCUT2D eigenvalue weighted by molar-refractivity contribution is 6.12. The number of nitrogens with one attached hydrogen (secondary N) is 1. The standard InChI is InChI=1S/C26H27N7O3/c1-3-36-26(35)18-14-29-32(15-18)20-9-8-19(12-16(20)2)30-24-23-22(10-11-28-25(23)34)33(31-24)21-7-5-4-6-17(21)13-27/h8-12,14-15,17,21,23H,3-7H2,1-2H3,(H,30,31)/t17-,21+,23?/m1/s1. The van der Waals surface area contributed by atoms with Gasteiger partial charge in [0.25, 0.3) is 5.91 Å². The van der Waals surface area contributed by atoms with Crippen molar-refractivity contribution in [3.05, 3.63) is 53.5 Å². The van der Waals surface area contributed by atoms with E-state index in [2.05, 4.69) is 21.6 Å². The van der Waals surface area contributed by atoms with E-state index in [0.717, 1.165) is 42.6 Å². The van der Waals surface area contributed by atoms with Gasteiger partial charge in [0.1, 0.15) is 11.8 Å². The van der Waals surface area contributed by atoms with Crippen LogP contribution in [0, 0.1) is 30.1 Å². The van der Waals surface area contributed by atoms with Crippen LogP contribution in [0.3, 0.4) is 0 Å². The highest BCUT2D eigenvalue weighted by Gasteiger charge is 2.45. The van der Waals surface area contributed by atoms with E-state index in [1.54, 1.807) is 17.8 Å². The average molecular weight is 486 g/mol. The molecular formula is C26H27N7O3. The molecule has 3 atom stereocenters. The molecule has 184 valence electrons. The average Bonchev–Trinajstić information content (AvgIpc) is 3.51. The zero-order valence-corrected chi connectivity index (χ0v) is 20.2. The molecule has 10 heteroatoms. The topological polar surface area (TPSA) is 125 Å². The molecule has 0 radical (unpaired) electrons. The Hall–Kier alpha value is -4.26. The number of carbonyl (C=O) groups excluding carboxylic acids is 2. The van der Waals surface area contributed by atoms with Crippen LogP contribution in [0.2, 0.25) is 0 Å². The Kier molecular flexibility index (Phi) is 6.38. The lowest BCUT2D eigenvalue weighted by molar-refractivity contribution is -0.119. The fraction of sp³-hybridized carbons (Fsp3) is 0.385. The van der Waals surface area contributed by atoms with Crippen molar-refractivity contribution in [3.8, 4) is 11.8 Å². The zero-order valence-electron chi connectivity index (χ0n) is 20.2. The van der Waals surface area contributed by atoms with Gasteiger partial charge in [-0.25, -0.2) is 19.5 Å². The van der Waals surface area contributed by atoms with E-state index in [-0.39, 0.29) is 17.9 Å². The second kappa shape index (κ2) is 9.77. The number of hydrazine groups is 1. The number of esters is 1. The summed E-state index contributed by atoms with van der Waals surface area (Å²) in [6.07, 6.45) is 10.3. The third kappa shape index (κ3) is 4.28. The van der Waals surface area contributed by atoms with Crippen molar-refractivity contribution in [3.63, 3.8) is 0 Å². The number of dihydropyridines is 1. The Balaban J connectivity index is 1.43. The Morgan fingerprint density at radius 1 is 1.33 bits per heavy atom. The minimum absolute atomic E-state index is 0.0259. The minimum atomic E-state index is -0.616. The summed E-state index contributed by atoms with van der Waals surface area (Å²) in [5.74, 6) is -0.921. The van der Waals surface area contributed by atoms with E-state index in [0.29, 0.717) is 23.7 Å². The van der Waals surface area contributed by atoms with Crippen molar-refractivity contribution in [2.45, 2.75) is 45.6 Å². The number of ether oxygens (including phenoxy) is 1. The molecule has 36 heavy (non-hydrogen) atoms. The molecule has 0 spiro atoms. The van der Waals surface area contributed by atoms with E-state index < -0.39 is 11.9 Å². The van der Waals surface area contributed by atoms with Gasteiger partial charge in [0.2, 0.25) is 0 Å². The van der Waals surface area contributed by atoms with Gasteiger partial charge >= 0.3 is 5.97 Å². The fourth-order valence-corrected chi connectivity index (χ4v) is 5.03. The molecule has 1 saturated carbocycles. The molecule has 1 aromatic carbocycles. The van der Waals surface area contributed by atoms with E-state index in [4.69, 9.17) is 9.73 Å². The van der Waals surface area contributed by atoms with Crippen LogP contribution in [0.25, 0.3) is 5.69 Å². The van der Waals surface area contributed by atoms with E-state index in [1.807, 2.05) is 36.2 Å². The number of amides is 1. The van der Waals surface area contributed by atoms with Crippen molar-refractivity contribution >= 4 is 29.6 Å². The molecule has 10 nitrogen and oxygen atoms in total. The summed E-state index contributed by atoms with van der Waals surface area (Å²) >= 11 is 0. The van der Waals surface area contributed by atoms with Gasteiger partial charge in [-0.3, -0.25) is 15.2 Å². The second-order valence-electron chi connectivity index (χ2n) is 9.07. The first-order valence-electron chi connectivity index (χ1n) is 12.1. The Bertz CT molecular complexity index is 1330. The summed E-state index contributed by atoms with van der Waals surface area (Å²) in [7, 11) is 0. The lowest BCUT2D eigenvalue weighted by Crippen LogP contribution is -2.46. The highest BCUT2D eigenvalue weighted by Crippen LogP contribution is 2.36.